The molecule has 0 spiro atoms. The van der Waals surface area contributed by atoms with E-state index in [2.05, 4.69) is 16.8 Å². The van der Waals surface area contributed by atoms with E-state index >= 15 is 0 Å². The van der Waals surface area contributed by atoms with Gasteiger partial charge in [0.1, 0.15) is 5.25 Å². The van der Waals surface area contributed by atoms with E-state index in [-0.39, 0.29) is 5.91 Å². The number of amides is 1. The Hall–Kier alpha value is -2.90. The first kappa shape index (κ1) is 20.4. The van der Waals surface area contributed by atoms with E-state index in [0.717, 1.165) is 17.0 Å². The second kappa shape index (κ2) is 9.73. The zero-order valence-corrected chi connectivity index (χ0v) is 17.5. The Balaban J connectivity index is 1.68. The van der Waals surface area contributed by atoms with Crippen LogP contribution in [0.5, 0.6) is 0 Å². The fourth-order valence-corrected chi connectivity index (χ4v) is 4.54. The summed E-state index contributed by atoms with van der Waals surface area (Å²) in [7, 11) is 0. The molecule has 2 heterocycles. The van der Waals surface area contributed by atoms with Gasteiger partial charge >= 0.3 is 0 Å². The van der Waals surface area contributed by atoms with Crippen LogP contribution in [0.1, 0.15) is 10.8 Å². The second-order valence-corrected chi connectivity index (χ2v) is 7.99. The normalized spacial score (nSPS) is 15.0. The molecule has 1 aromatic heterocycles. The minimum absolute atomic E-state index is 0.0731. The van der Waals surface area contributed by atoms with E-state index in [4.69, 9.17) is 4.74 Å². The van der Waals surface area contributed by atoms with Crippen LogP contribution in [0.4, 0.5) is 0 Å². The average Bonchev–Trinajstić information content (AvgIpc) is 3.21. The number of allylic oxidation sites excluding steroid dienone is 1. The Morgan fingerprint density at radius 1 is 1.07 bits per heavy atom. The monoisotopic (exact) mass is 420 g/mol. The van der Waals surface area contributed by atoms with Crippen LogP contribution in [0, 0.1) is 0 Å². The molecule has 1 aliphatic rings. The lowest BCUT2D eigenvalue weighted by atomic mass is 10.1. The zero-order chi connectivity index (χ0) is 20.8. The highest BCUT2D eigenvalue weighted by molar-refractivity contribution is 8.00. The summed E-state index contributed by atoms with van der Waals surface area (Å²) < 4.78 is 7.43. The summed E-state index contributed by atoms with van der Waals surface area (Å²) in [6.07, 6.45) is 1.82. The number of hydrogen-bond donors (Lipinski definition) is 0. The smallest absolute Gasteiger partial charge is 0.240 e. The molecule has 1 saturated heterocycles. The van der Waals surface area contributed by atoms with Gasteiger partial charge in [-0.25, -0.2) is 0 Å². The Morgan fingerprint density at radius 3 is 2.40 bits per heavy atom. The molecule has 7 heteroatoms. The van der Waals surface area contributed by atoms with Gasteiger partial charge in [-0.1, -0.05) is 78.5 Å². The lowest BCUT2D eigenvalue weighted by molar-refractivity contribution is -0.134. The molecule has 1 unspecified atom stereocenters. The number of morpholine rings is 1. The van der Waals surface area contributed by atoms with Crippen molar-refractivity contribution in [1.29, 1.82) is 0 Å². The molecule has 1 aliphatic heterocycles. The van der Waals surface area contributed by atoms with E-state index in [9.17, 15) is 4.79 Å². The predicted octanol–water partition coefficient (Wildman–Crippen LogP) is 3.82. The van der Waals surface area contributed by atoms with Gasteiger partial charge < -0.3 is 9.64 Å². The number of hydrogen-bond acceptors (Lipinski definition) is 5. The average molecular weight is 421 g/mol. The van der Waals surface area contributed by atoms with Gasteiger partial charge in [0.25, 0.3) is 0 Å². The van der Waals surface area contributed by atoms with E-state index < -0.39 is 5.25 Å². The molecule has 0 N–H and O–H groups in total. The number of carbonyl (C=O) groups excluding carboxylic acids is 1. The van der Waals surface area contributed by atoms with Crippen LogP contribution in [0.15, 0.2) is 78.5 Å². The summed E-state index contributed by atoms with van der Waals surface area (Å²) in [5, 5.41) is 9.16. The molecular formula is C23H24N4O2S. The van der Waals surface area contributed by atoms with Gasteiger partial charge in [0.05, 0.1) is 13.2 Å². The summed E-state index contributed by atoms with van der Waals surface area (Å²) in [4.78, 5) is 15.3. The molecule has 1 amide bonds. The van der Waals surface area contributed by atoms with E-state index in [1.165, 1.54) is 11.8 Å². The van der Waals surface area contributed by atoms with Gasteiger partial charge in [-0.2, -0.15) is 0 Å². The first-order chi connectivity index (χ1) is 14.8. The highest BCUT2D eigenvalue weighted by Crippen LogP contribution is 2.37. The van der Waals surface area contributed by atoms with Crippen LogP contribution in [-0.2, 0) is 16.1 Å². The van der Waals surface area contributed by atoms with Crippen LogP contribution >= 0.6 is 11.8 Å². The first-order valence-corrected chi connectivity index (χ1v) is 10.8. The van der Waals surface area contributed by atoms with Crippen LogP contribution in [0.3, 0.4) is 0 Å². The topological polar surface area (TPSA) is 60.2 Å². The third kappa shape index (κ3) is 4.47. The second-order valence-electron chi connectivity index (χ2n) is 6.92. The third-order valence-corrected chi connectivity index (χ3v) is 6.16. The van der Waals surface area contributed by atoms with E-state index in [1.54, 1.807) is 0 Å². The first-order valence-electron chi connectivity index (χ1n) is 9.95. The van der Waals surface area contributed by atoms with Crippen molar-refractivity contribution in [2.75, 3.05) is 26.3 Å². The number of nitrogens with zero attached hydrogens (tertiary/aromatic N) is 4. The van der Waals surface area contributed by atoms with Gasteiger partial charge in [-0.15, -0.1) is 16.8 Å². The van der Waals surface area contributed by atoms with Gasteiger partial charge in [0.2, 0.25) is 5.91 Å². The molecule has 0 aliphatic carbocycles. The van der Waals surface area contributed by atoms with Crippen molar-refractivity contribution in [2.24, 2.45) is 0 Å². The standard InChI is InChI=1S/C23H24N4O2S/c1-2-13-27-21(19-11-7-4-8-12-19)24-25-23(27)30-20(18-9-5-3-6-10-18)22(28)26-14-16-29-17-15-26/h2-12,20H,1,13-17H2. The zero-order valence-electron chi connectivity index (χ0n) is 16.7. The molecule has 1 atom stereocenters. The van der Waals surface area contributed by atoms with Crippen molar-refractivity contribution in [3.63, 3.8) is 0 Å². The highest BCUT2D eigenvalue weighted by atomic mass is 32.2. The van der Waals surface area contributed by atoms with Crippen molar-refractivity contribution in [2.45, 2.75) is 17.0 Å². The SMILES string of the molecule is C=CCn1c(SC(C(=O)N2CCOCC2)c2ccccc2)nnc1-c1ccccc1. The minimum Gasteiger partial charge on any atom is -0.378 e. The Bertz CT molecular complexity index is 985. The molecule has 6 nitrogen and oxygen atoms in total. The summed E-state index contributed by atoms with van der Waals surface area (Å²) in [5.74, 6) is 0.840. The van der Waals surface area contributed by atoms with E-state index in [0.29, 0.717) is 38.0 Å². The largest absolute Gasteiger partial charge is 0.378 e. The Kier molecular flexibility index (Phi) is 6.61. The van der Waals surface area contributed by atoms with Gasteiger partial charge in [-0.05, 0) is 5.56 Å². The predicted molar refractivity (Wildman–Crippen MR) is 118 cm³/mol. The van der Waals surface area contributed by atoms with Crippen molar-refractivity contribution in [3.8, 4) is 11.4 Å². The molecule has 0 bridgehead atoms. The molecule has 3 aromatic rings. The number of carbonyl (C=O) groups is 1. The van der Waals surface area contributed by atoms with Crippen LogP contribution < -0.4 is 0 Å². The molecular weight excluding hydrogens is 396 g/mol. The Labute approximate surface area is 180 Å². The Morgan fingerprint density at radius 2 is 1.73 bits per heavy atom. The molecule has 154 valence electrons. The van der Waals surface area contributed by atoms with Crippen LogP contribution in [-0.4, -0.2) is 51.9 Å². The maximum atomic E-state index is 13.4. The van der Waals surface area contributed by atoms with Crippen molar-refractivity contribution >= 4 is 17.7 Å². The third-order valence-electron chi connectivity index (χ3n) is 4.93. The number of benzene rings is 2. The van der Waals surface area contributed by atoms with Crippen molar-refractivity contribution < 1.29 is 9.53 Å². The summed E-state index contributed by atoms with van der Waals surface area (Å²) in [6, 6.07) is 19.8. The van der Waals surface area contributed by atoms with E-state index in [1.807, 2.05) is 76.2 Å². The number of thioether (sulfide) groups is 1. The van der Waals surface area contributed by atoms with Crippen LogP contribution in [0.25, 0.3) is 11.4 Å². The fourth-order valence-electron chi connectivity index (χ4n) is 3.41. The number of rotatable bonds is 7. The van der Waals surface area contributed by atoms with Gasteiger partial charge in [0, 0.05) is 25.2 Å². The number of ether oxygens (including phenoxy) is 1. The summed E-state index contributed by atoms with van der Waals surface area (Å²) in [6.45, 7) is 6.81. The van der Waals surface area contributed by atoms with Crippen molar-refractivity contribution in [1.82, 2.24) is 19.7 Å². The lowest BCUT2D eigenvalue weighted by Crippen LogP contribution is -2.42. The maximum absolute atomic E-state index is 13.4. The summed E-state index contributed by atoms with van der Waals surface area (Å²) >= 11 is 1.44. The van der Waals surface area contributed by atoms with Gasteiger partial charge in [0.15, 0.2) is 11.0 Å². The van der Waals surface area contributed by atoms with Gasteiger partial charge in [-0.3, -0.25) is 9.36 Å². The lowest BCUT2D eigenvalue weighted by Gasteiger charge is -2.30. The molecule has 0 radical (unpaired) electrons. The molecule has 1 fully saturated rings. The number of aromatic nitrogens is 3. The molecule has 0 saturated carbocycles. The fraction of sp³-hybridized carbons (Fsp3) is 0.261. The highest BCUT2D eigenvalue weighted by Gasteiger charge is 2.30. The quantitative estimate of drug-likeness (QED) is 0.430. The molecule has 2 aromatic carbocycles. The molecule has 30 heavy (non-hydrogen) atoms. The van der Waals surface area contributed by atoms with Crippen LogP contribution in [0.2, 0.25) is 0 Å². The summed E-state index contributed by atoms with van der Waals surface area (Å²) in [5.41, 5.74) is 1.93. The molecule has 4 rings (SSSR count). The van der Waals surface area contributed by atoms with Crippen molar-refractivity contribution in [3.05, 3.63) is 78.9 Å². The minimum atomic E-state index is -0.402. The maximum Gasteiger partial charge on any atom is 0.240 e.